The van der Waals surface area contributed by atoms with Crippen LogP contribution in [0.25, 0.3) is 0 Å². The molecular formula is C11H23NO3Si. The van der Waals surface area contributed by atoms with Gasteiger partial charge in [-0.1, -0.05) is 20.8 Å². The normalized spacial score (nSPS) is 13.3. The quantitative estimate of drug-likeness (QED) is 0.311. The highest BCUT2D eigenvalue weighted by Crippen LogP contribution is 2.36. The van der Waals surface area contributed by atoms with Crippen LogP contribution in [0.1, 0.15) is 33.6 Å². The Morgan fingerprint density at radius 3 is 2.38 bits per heavy atom. The Hall–Kier alpha value is -0.683. The van der Waals surface area contributed by atoms with Gasteiger partial charge < -0.3 is 4.43 Å². The molecule has 0 aliphatic rings. The third kappa shape index (κ3) is 6.02. The van der Waals surface area contributed by atoms with Crippen LogP contribution in [0.2, 0.25) is 18.1 Å². The summed E-state index contributed by atoms with van der Waals surface area (Å²) in [5, 5.41) is 10.2. The maximum Gasteiger partial charge on any atom is 0.230 e. The molecule has 4 nitrogen and oxygen atoms in total. The van der Waals surface area contributed by atoms with Gasteiger partial charge in [0.25, 0.3) is 0 Å². The standard InChI is InChI=1S/C11H23NO3Si/c1-11(2,3)16(4,5)15-10-8-6-7-9-12(13)14/h7,9H,6,8,10H2,1-5H3/b9-7+. The molecular weight excluding hydrogens is 222 g/mol. The Morgan fingerprint density at radius 1 is 1.38 bits per heavy atom. The first-order chi connectivity index (χ1) is 7.17. The fourth-order valence-corrected chi connectivity index (χ4v) is 1.99. The Kier molecular flexibility index (Phi) is 5.89. The molecule has 94 valence electrons. The highest BCUT2D eigenvalue weighted by atomic mass is 28.4. The molecule has 0 fully saturated rings. The molecule has 0 unspecified atom stereocenters. The topological polar surface area (TPSA) is 52.4 Å². The van der Waals surface area contributed by atoms with Crippen LogP contribution in [0.15, 0.2) is 12.3 Å². The molecule has 0 radical (unpaired) electrons. The zero-order valence-electron chi connectivity index (χ0n) is 10.9. The molecule has 0 aromatic rings. The number of hydrogen-bond acceptors (Lipinski definition) is 3. The number of hydrogen-bond donors (Lipinski definition) is 0. The molecule has 0 saturated heterocycles. The Balaban J connectivity index is 3.79. The summed E-state index contributed by atoms with van der Waals surface area (Å²) in [6, 6.07) is 0. The molecule has 0 atom stereocenters. The fourth-order valence-electron chi connectivity index (χ4n) is 0.906. The van der Waals surface area contributed by atoms with Crippen molar-refractivity contribution in [2.45, 2.75) is 51.7 Å². The van der Waals surface area contributed by atoms with E-state index in [4.69, 9.17) is 4.43 Å². The molecule has 0 aliphatic carbocycles. The zero-order valence-corrected chi connectivity index (χ0v) is 11.9. The van der Waals surface area contributed by atoms with Crippen molar-refractivity contribution in [2.75, 3.05) is 6.61 Å². The molecule has 16 heavy (non-hydrogen) atoms. The molecule has 0 aliphatic heterocycles. The van der Waals surface area contributed by atoms with Gasteiger partial charge in [-0.2, -0.15) is 0 Å². The largest absolute Gasteiger partial charge is 0.417 e. The summed E-state index contributed by atoms with van der Waals surface area (Å²) in [7, 11) is -1.64. The first-order valence-electron chi connectivity index (χ1n) is 5.61. The van der Waals surface area contributed by atoms with Crippen molar-refractivity contribution < 1.29 is 9.35 Å². The lowest BCUT2D eigenvalue weighted by molar-refractivity contribution is -0.402. The number of rotatable bonds is 6. The summed E-state index contributed by atoms with van der Waals surface area (Å²) < 4.78 is 5.94. The van der Waals surface area contributed by atoms with Crippen LogP contribution in [-0.2, 0) is 4.43 Å². The van der Waals surface area contributed by atoms with E-state index in [9.17, 15) is 10.1 Å². The number of unbranched alkanes of at least 4 members (excludes halogenated alkanes) is 1. The summed E-state index contributed by atoms with van der Waals surface area (Å²) in [5.41, 5.74) is 0. The highest BCUT2D eigenvalue weighted by Gasteiger charge is 2.36. The number of allylic oxidation sites excluding steroid dienone is 1. The Labute approximate surface area is 99.0 Å². The van der Waals surface area contributed by atoms with Gasteiger partial charge in [-0.05, 0) is 37.0 Å². The zero-order chi connectivity index (χ0) is 12.8. The summed E-state index contributed by atoms with van der Waals surface area (Å²) in [6.07, 6.45) is 4.12. The van der Waals surface area contributed by atoms with Gasteiger partial charge in [0.2, 0.25) is 6.20 Å². The van der Waals surface area contributed by atoms with E-state index in [-0.39, 0.29) is 5.04 Å². The monoisotopic (exact) mass is 245 g/mol. The van der Waals surface area contributed by atoms with Crippen LogP contribution < -0.4 is 0 Å². The Bertz CT molecular complexity index is 256. The van der Waals surface area contributed by atoms with E-state index in [2.05, 4.69) is 33.9 Å². The van der Waals surface area contributed by atoms with Gasteiger partial charge in [0.15, 0.2) is 8.32 Å². The highest BCUT2D eigenvalue weighted by molar-refractivity contribution is 6.74. The molecule has 0 bridgehead atoms. The van der Waals surface area contributed by atoms with E-state index in [0.29, 0.717) is 13.0 Å². The third-order valence-electron chi connectivity index (χ3n) is 3.01. The van der Waals surface area contributed by atoms with Crippen molar-refractivity contribution in [3.8, 4) is 0 Å². The molecule has 0 saturated carbocycles. The summed E-state index contributed by atoms with van der Waals surface area (Å²) in [5.74, 6) is 0. The van der Waals surface area contributed by atoms with Gasteiger partial charge in [0.05, 0.1) is 4.92 Å². The predicted octanol–water partition coefficient (Wildman–Crippen LogP) is 3.58. The smallest absolute Gasteiger partial charge is 0.230 e. The van der Waals surface area contributed by atoms with E-state index in [1.165, 1.54) is 0 Å². The number of nitrogens with zero attached hydrogens (tertiary/aromatic N) is 1. The summed E-state index contributed by atoms with van der Waals surface area (Å²) >= 11 is 0. The van der Waals surface area contributed by atoms with Gasteiger partial charge in [-0.15, -0.1) is 0 Å². The minimum absolute atomic E-state index is 0.226. The molecule has 0 rings (SSSR count). The molecule has 5 heteroatoms. The maximum atomic E-state index is 10.0. The van der Waals surface area contributed by atoms with Crippen molar-refractivity contribution in [3.63, 3.8) is 0 Å². The molecule has 0 heterocycles. The molecule has 0 amide bonds. The second-order valence-corrected chi connectivity index (χ2v) is 10.2. The van der Waals surface area contributed by atoms with E-state index >= 15 is 0 Å². The molecule has 0 aromatic heterocycles. The fraction of sp³-hybridized carbons (Fsp3) is 0.818. The second-order valence-electron chi connectivity index (χ2n) is 5.42. The second kappa shape index (κ2) is 6.15. The molecule has 0 N–H and O–H groups in total. The summed E-state index contributed by atoms with van der Waals surface area (Å²) in [4.78, 5) is 9.58. The average Bonchev–Trinajstić information content (AvgIpc) is 2.08. The lowest BCUT2D eigenvalue weighted by atomic mass is 10.2. The minimum Gasteiger partial charge on any atom is -0.417 e. The van der Waals surface area contributed by atoms with Gasteiger partial charge in [-0.3, -0.25) is 10.1 Å². The first kappa shape index (κ1) is 15.3. The maximum absolute atomic E-state index is 10.0. The lowest BCUT2D eigenvalue weighted by Gasteiger charge is -2.36. The van der Waals surface area contributed by atoms with Crippen LogP contribution in [0.3, 0.4) is 0 Å². The van der Waals surface area contributed by atoms with Crippen LogP contribution in [0.4, 0.5) is 0 Å². The van der Waals surface area contributed by atoms with Crippen LogP contribution >= 0.6 is 0 Å². The van der Waals surface area contributed by atoms with E-state index < -0.39 is 13.2 Å². The van der Waals surface area contributed by atoms with Crippen molar-refractivity contribution in [1.82, 2.24) is 0 Å². The van der Waals surface area contributed by atoms with Crippen molar-refractivity contribution in [2.24, 2.45) is 0 Å². The lowest BCUT2D eigenvalue weighted by Crippen LogP contribution is -2.40. The van der Waals surface area contributed by atoms with Crippen LogP contribution in [0.5, 0.6) is 0 Å². The van der Waals surface area contributed by atoms with Crippen molar-refractivity contribution >= 4 is 8.32 Å². The van der Waals surface area contributed by atoms with Gasteiger partial charge in [0.1, 0.15) is 0 Å². The van der Waals surface area contributed by atoms with Crippen LogP contribution in [-0.4, -0.2) is 19.8 Å². The van der Waals surface area contributed by atoms with Crippen molar-refractivity contribution in [3.05, 3.63) is 22.4 Å². The molecule has 0 spiro atoms. The third-order valence-corrected chi connectivity index (χ3v) is 7.55. The Morgan fingerprint density at radius 2 is 1.94 bits per heavy atom. The van der Waals surface area contributed by atoms with Gasteiger partial charge in [0, 0.05) is 6.61 Å². The van der Waals surface area contributed by atoms with Crippen LogP contribution in [0, 0.1) is 10.1 Å². The molecule has 0 aromatic carbocycles. The van der Waals surface area contributed by atoms with E-state index in [1.807, 2.05) is 0 Å². The average molecular weight is 245 g/mol. The predicted molar refractivity (Wildman–Crippen MR) is 68.5 cm³/mol. The minimum atomic E-state index is -1.64. The number of nitro groups is 1. The SMILES string of the molecule is CC(C)(C)[Si](C)(C)OCCC/C=C/[N+](=O)[O-]. The summed E-state index contributed by atoms with van der Waals surface area (Å²) in [6.45, 7) is 11.7. The first-order valence-corrected chi connectivity index (χ1v) is 8.52. The van der Waals surface area contributed by atoms with Gasteiger partial charge in [-0.25, -0.2) is 0 Å². The van der Waals surface area contributed by atoms with Gasteiger partial charge >= 0.3 is 0 Å². The van der Waals surface area contributed by atoms with E-state index in [0.717, 1.165) is 12.6 Å². The van der Waals surface area contributed by atoms with Crippen molar-refractivity contribution in [1.29, 1.82) is 0 Å². The van der Waals surface area contributed by atoms with E-state index in [1.54, 1.807) is 6.08 Å².